The maximum Gasteiger partial charge on any atom is 0.236 e. The van der Waals surface area contributed by atoms with Crippen LogP contribution in [0.3, 0.4) is 0 Å². The molecule has 0 atom stereocenters. The zero-order valence-corrected chi connectivity index (χ0v) is 14.9. The first kappa shape index (κ1) is 8.98. The average Bonchev–Trinajstić information content (AvgIpc) is 3.45. The van der Waals surface area contributed by atoms with Gasteiger partial charge in [-0.1, -0.05) is 32.7 Å². The number of halogens is 1. The molecular weight excluding hydrogens is 373 g/mol. The van der Waals surface area contributed by atoms with Gasteiger partial charge in [0, 0.05) is 24.4 Å². The Morgan fingerprint density at radius 1 is 1.24 bits per heavy atom. The van der Waals surface area contributed by atoms with E-state index in [0.29, 0.717) is 10.7 Å². The largest absolute Gasteiger partial charge is 0.468 e. The van der Waals surface area contributed by atoms with Crippen LogP contribution in [0.15, 0.2) is 36.7 Å². The molecule has 0 fully saturated rings. The Kier molecular flexibility index (Phi) is 2.24. The lowest BCUT2D eigenvalue weighted by atomic mass is 9.88. The molecule has 0 radical (unpaired) electrons. The molecule has 0 spiro atoms. The molecule has 0 saturated carbocycles. The molecule has 3 aromatic heterocycles. The fourth-order valence-electron chi connectivity index (χ4n) is 2.54. The Hall–Kier alpha value is -3.36. The van der Waals surface area contributed by atoms with Gasteiger partial charge in [-0.2, -0.15) is 9.61 Å². The molecule has 29 heavy (non-hydrogen) atoms. The number of aromatic nitrogens is 7. The highest BCUT2D eigenvalue weighted by Gasteiger charge is 2.24. The molecule has 4 aromatic rings. The van der Waals surface area contributed by atoms with Crippen molar-refractivity contribution in [1.29, 1.82) is 0 Å². The first-order valence-electron chi connectivity index (χ1n) is 14.7. The summed E-state index contributed by atoms with van der Waals surface area (Å²) in [4.78, 5) is 3.69. The Morgan fingerprint density at radius 3 is 2.83 bits per heavy atom. The first-order valence-corrected chi connectivity index (χ1v) is 8.16. The smallest absolute Gasteiger partial charge is 0.236 e. The minimum Gasteiger partial charge on any atom is -0.468 e. The fourth-order valence-corrected chi connectivity index (χ4v) is 2.54. The normalized spacial score (nSPS) is 20.8. The SMILES string of the molecule is [2H]C([2H])(Oc1nn2c(-c3ccccc3F)nnc2cc1C(C([2H])([2H])[2H])(C([2H])([2H])[2H])C([2H])([2H])[2H])c1ncnn1C([2H])([2H])C. The number of ether oxygens (including phenoxy) is 1. The summed E-state index contributed by atoms with van der Waals surface area (Å²) in [6.07, 6.45) is 0.809. The Balaban J connectivity index is 2.12. The second-order valence-electron chi connectivity index (χ2n) is 5.81. The van der Waals surface area contributed by atoms with E-state index in [-0.39, 0.29) is 11.4 Å². The van der Waals surface area contributed by atoms with Gasteiger partial charge >= 0.3 is 0 Å². The van der Waals surface area contributed by atoms with E-state index >= 15 is 0 Å². The molecule has 0 bridgehead atoms. The van der Waals surface area contributed by atoms with Crippen LogP contribution in [0.4, 0.5) is 4.39 Å². The van der Waals surface area contributed by atoms with Crippen molar-refractivity contribution in [1.82, 2.24) is 34.6 Å². The van der Waals surface area contributed by atoms with Gasteiger partial charge in [0.15, 0.2) is 17.3 Å². The average molecular weight is 409 g/mol. The Morgan fingerprint density at radius 2 is 2.07 bits per heavy atom. The number of hydrogen-bond donors (Lipinski definition) is 0. The highest BCUT2D eigenvalue weighted by molar-refractivity contribution is 5.60. The van der Waals surface area contributed by atoms with Crippen LogP contribution < -0.4 is 4.74 Å². The molecule has 9 heteroatoms. The van der Waals surface area contributed by atoms with Crippen LogP contribution in [0.1, 0.15) is 56.7 Å². The monoisotopic (exact) mass is 408 g/mol. The van der Waals surface area contributed by atoms with Gasteiger partial charge in [0.1, 0.15) is 18.7 Å². The molecule has 0 aliphatic rings. The van der Waals surface area contributed by atoms with E-state index in [9.17, 15) is 4.39 Å². The zero-order chi connectivity index (χ0) is 31.7. The van der Waals surface area contributed by atoms with Crippen molar-refractivity contribution in [2.24, 2.45) is 0 Å². The van der Waals surface area contributed by atoms with E-state index in [2.05, 4.69) is 25.4 Å². The van der Waals surface area contributed by atoms with Gasteiger partial charge in [-0.25, -0.2) is 14.1 Å². The van der Waals surface area contributed by atoms with Gasteiger partial charge < -0.3 is 4.74 Å². The van der Waals surface area contributed by atoms with Crippen LogP contribution in [-0.2, 0) is 18.5 Å². The second kappa shape index (κ2) is 7.23. The second-order valence-corrected chi connectivity index (χ2v) is 5.81. The predicted molar refractivity (Wildman–Crippen MR) is 105 cm³/mol. The van der Waals surface area contributed by atoms with Gasteiger partial charge in [-0.3, -0.25) is 0 Å². The number of benzene rings is 1. The van der Waals surface area contributed by atoms with Crippen molar-refractivity contribution >= 4 is 5.65 Å². The van der Waals surface area contributed by atoms with Crippen molar-refractivity contribution in [3.63, 3.8) is 0 Å². The van der Waals surface area contributed by atoms with Crippen LogP contribution in [0.5, 0.6) is 5.88 Å². The van der Waals surface area contributed by atoms with Crippen LogP contribution in [0, 0.1) is 5.82 Å². The molecule has 0 N–H and O–H groups in total. The van der Waals surface area contributed by atoms with Crippen LogP contribution in [0.25, 0.3) is 17.0 Å². The molecule has 150 valence electrons. The number of aryl methyl sites for hydroxylation is 1. The van der Waals surface area contributed by atoms with Gasteiger partial charge in [-0.05, 0) is 30.5 Å². The minimum atomic E-state index is -3.80. The van der Waals surface area contributed by atoms with Gasteiger partial charge in [0.25, 0.3) is 0 Å². The molecule has 0 aliphatic carbocycles. The maximum absolute atomic E-state index is 14.7. The van der Waals surface area contributed by atoms with Crippen molar-refractivity contribution in [3.05, 3.63) is 53.9 Å². The Labute approximate surface area is 185 Å². The van der Waals surface area contributed by atoms with Crippen molar-refractivity contribution < 1.29 is 26.9 Å². The van der Waals surface area contributed by atoms with Crippen LogP contribution >= 0.6 is 0 Å². The van der Waals surface area contributed by atoms with E-state index in [4.69, 9.17) is 22.6 Å². The number of rotatable bonds is 5. The first-order chi connectivity index (χ1) is 19.0. The van der Waals surface area contributed by atoms with E-state index in [0.717, 1.165) is 23.8 Å². The molecule has 1 aromatic carbocycles. The number of fused-ring (bicyclic) bond motifs is 1. The van der Waals surface area contributed by atoms with E-state index in [1.807, 2.05) is 0 Å². The molecule has 8 nitrogen and oxygen atoms in total. The molecule has 3 heterocycles. The summed E-state index contributed by atoms with van der Waals surface area (Å²) in [7, 11) is 0. The minimum absolute atomic E-state index is 0.160. The fraction of sp³-hybridized carbons (Fsp3) is 0.350. The zero-order valence-electron chi connectivity index (χ0n) is 27.9. The number of hydrogen-bond acceptors (Lipinski definition) is 6. The third-order valence-electron chi connectivity index (χ3n) is 3.88. The van der Waals surface area contributed by atoms with Gasteiger partial charge in [-0.15, -0.1) is 15.3 Å². The van der Waals surface area contributed by atoms with E-state index in [1.165, 1.54) is 18.2 Å². The summed E-state index contributed by atoms with van der Waals surface area (Å²) in [5, 5.41) is 15.3. The van der Waals surface area contributed by atoms with Crippen molar-refractivity contribution in [2.75, 3.05) is 0 Å². The summed E-state index contributed by atoms with van der Waals surface area (Å²) < 4.78 is 127. The predicted octanol–water partition coefficient (Wildman–Crippen LogP) is 3.42. The topological polar surface area (TPSA) is 83.0 Å². The summed E-state index contributed by atoms with van der Waals surface area (Å²) in [5.74, 6) is -3.02. The Bertz CT molecular complexity index is 1580. The molecular formula is C20H22FN7O. The lowest BCUT2D eigenvalue weighted by Gasteiger charge is -2.21. The van der Waals surface area contributed by atoms with E-state index < -0.39 is 67.8 Å². The highest BCUT2D eigenvalue weighted by Crippen LogP contribution is 2.32. The maximum atomic E-state index is 14.7. The van der Waals surface area contributed by atoms with Gasteiger partial charge in [0.2, 0.25) is 5.88 Å². The van der Waals surface area contributed by atoms with Crippen molar-refractivity contribution in [2.45, 2.75) is 46.0 Å². The van der Waals surface area contributed by atoms with Crippen LogP contribution in [0.2, 0.25) is 0 Å². The lowest BCUT2D eigenvalue weighted by Crippen LogP contribution is -2.17. The molecule has 0 saturated heterocycles. The summed E-state index contributed by atoms with van der Waals surface area (Å²) in [6, 6.07) is 5.94. The lowest BCUT2D eigenvalue weighted by molar-refractivity contribution is 0.264. The summed E-state index contributed by atoms with van der Waals surface area (Å²) >= 11 is 0. The van der Waals surface area contributed by atoms with E-state index in [1.54, 1.807) is 0 Å². The third-order valence-corrected chi connectivity index (χ3v) is 3.88. The van der Waals surface area contributed by atoms with Gasteiger partial charge in [0.05, 0.1) is 11.0 Å². The quantitative estimate of drug-likeness (QED) is 0.503. The summed E-state index contributed by atoms with van der Waals surface area (Å²) in [5.41, 5.74) is -5.39. The molecule has 0 unspecified atom stereocenters. The molecule has 0 aliphatic heterocycles. The van der Waals surface area contributed by atoms with Crippen molar-refractivity contribution in [3.8, 4) is 17.3 Å². The molecule has 0 amide bonds. The molecule has 4 rings (SSSR count). The number of nitrogens with zero attached hydrogens (tertiary/aromatic N) is 7. The summed E-state index contributed by atoms with van der Waals surface area (Å²) in [6.45, 7) is -15.9. The van der Waals surface area contributed by atoms with Crippen LogP contribution in [-0.4, -0.2) is 34.6 Å². The third kappa shape index (κ3) is 3.55. The standard InChI is InChI=1S/C20H22FN7O/c1-5-27-17(22-12-23-27)11-29-19-14(20(2,3)4)10-16-24-25-18(28(16)26-19)13-8-6-7-9-15(13)21/h6-10,12H,5,11H2,1-4H3/i2D3,3D3,4D3,5D2,11D2. The highest BCUT2D eigenvalue weighted by atomic mass is 19.1.